The van der Waals surface area contributed by atoms with Crippen molar-refractivity contribution < 1.29 is 23.4 Å². The second-order valence-corrected chi connectivity index (χ2v) is 8.63. The molecule has 170 valence electrons. The van der Waals surface area contributed by atoms with Gasteiger partial charge in [0.05, 0.1) is 17.5 Å². The van der Waals surface area contributed by atoms with Gasteiger partial charge in [0.1, 0.15) is 12.4 Å². The summed E-state index contributed by atoms with van der Waals surface area (Å²) in [4.78, 5) is 15.3. The molecule has 1 amide bonds. The van der Waals surface area contributed by atoms with Gasteiger partial charge in [-0.05, 0) is 35.9 Å². The fraction of sp³-hybridized carbons (Fsp3) is 0.160. The predicted molar refractivity (Wildman–Crippen MR) is 125 cm³/mol. The molecule has 9 heteroatoms. The Kier molecular flexibility index (Phi) is 5.31. The average Bonchev–Trinajstić information content (AvgIpc) is 3.56. The molecule has 2 aliphatic heterocycles. The van der Waals surface area contributed by atoms with Crippen LogP contribution in [-0.2, 0) is 4.79 Å². The summed E-state index contributed by atoms with van der Waals surface area (Å²) in [5.41, 5.74) is 2.49. The first-order valence-corrected chi connectivity index (χ1v) is 11.7. The van der Waals surface area contributed by atoms with E-state index in [0.29, 0.717) is 35.0 Å². The van der Waals surface area contributed by atoms with Gasteiger partial charge in [-0.1, -0.05) is 54.2 Å². The molecule has 0 fully saturated rings. The zero-order chi connectivity index (χ0) is 22.9. The van der Waals surface area contributed by atoms with Gasteiger partial charge in [-0.2, -0.15) is 0 Å². The number of fused-ring (bicyclic) bond motifs is 2. The Morgan fingerprint density at radius 1 is 0.912 bits per heavy atom. The van der Waals surface area contributed by atoms with E-state index in [2.05, 4.69) is 10.2 Å². The summed E-state index contributed by atoms with van der Waals surface area (Å²) >= 11 is 1.21. The zero-order valence-electron chi connectivity index (χ0n) is 17.9. The lowest BCUT2D eigenvalue weighted by atomic mass is 10.0. The predicted octanol–water partition coefficient (Wildman–Crippen LogP) is 4.72. The highest BCUT2D eigenvalue weighted by Crippen LogP contribution is 2.40. The molecule has 1 atom stereocenters. The number of aromatic nitrogens is 2. The van der Waals surface area contributed by atoms with Crippen LogP contribution in [0.3, 0.4) is 0 Å². The third kappa shape index (κ3) is 3.84. The minimum absolute atomic E-state index is 0.0718. The number of benzene rings is 3. The number of rotatable bonds is 5. The maximum absolute atomic E-state index is 13.5. The molecule has 0 bridgehead atoms. The molecule has 3 heterocycles. The van der Waals surface area contributed by atoms with E-state index in [9.17, 15) is 4.79 Å². The fourth-order valence-electron chi connectivity index (χ4n) is 4.03. The molecule has 2 aliphatic rings. The maximum Gasteiger partial charge on any atom is 0.277 e. The number of nitrogens with zero attached hydrogens (tertiary/aromatic N) is 3. The molecule has 6 rings (SSSR count). The van der Waals surface area contributed by atoms with Gasteiger partial charge in [-0.25, -0.2) is 0 Å². The van der Waals surface area contributed by atoms with Crippen molar-refractivity contribution in [2.45, 2.75) is 11.3 Å². The normalized spacial score (nSPS) is 16.1. The molecule has 0 aliphatic carbocycles. The number of hydrogen-bond donors (Lipinski definition) is 0. The molecular formula is C25H19N3O5S. The molecule has 0 N–H and O–H groups in total. The van der Waals surface area contributed by atoms with Crippen molar-refractivity contribution in [1.29, 1.82) is 0 Å². The van der Waals surface area contributed by atoms with Crippen LogP contribution < -0.4 is 19.1 Å². The van der Waals surface area contributed by atoms with E-state index in [-0.39, 0.29) is 24.5 Å². The summed E-state index contributed by atoms with van der Waals surface area (Å²) in [5, 5.41) is 8.54. The van der Waals surface area contributed by atoms with Crippen LogP contribution in [0, 0.1) is 0 Å². The fourth-order valence-corrected chi connectivity index (χ4v) is 4.65. The largest absolute Gasteiger partial charge is 0.489 e. The monoisotopic (exact) mass is 473 g/mol. The summed E-state index contributed by atoms with van der Waals surface area (Å²) in [6.07, 6.45) is 0. The average molecular weight is 474 g/mol. The van der Waals surface area contributed by atoms with Gasteiger partial charge >= 0.3 is 0 Å². The molecule has 0 radical (unpaired) electrons. The summed E-state index contributed by atoms with van der Waals surface area (Å²) in [5.74, 6) is 2.43. The Morgan fingerprint density at radius 2 is 1.74 bits per heavy atom. The van der Waals surface area contributed by atoms with E-state index in [1.807, 2.05) is 60.7 Å². The Bertz CT molecular complexity index is 1340. The lowest BCUT2D eigenvalue weighted by molar-refractivity contribution is -0.117. The van der Waals surface area contributed by atoms with Gasteiger partial charge in [0, 0.05) is 5.56 Å². The van der Waals surface area contributed by atoms with Crippen LogP contribution in [0.1, 0.15) is 11.6 Å². The Balaban J connectivity index is 1.21. The third-order valence-electron chi connectivity index (χ3n) is 5.63. The van der Waals surface area contributed by atoms with Crippen molar-refractivity contribution >= 4 is 23.4 Å². The van der Waals surface area contributed by atoms with Crippen molar-refractivity contribution in [3.63, 3.8) is 0 Å². The Morgan fingerprint density at radius 3 is 2.65 bits per heavy atom. The maximum atomic E-state index is 13.5. The minimum Gasteiger partial charge on any atom is -0.489 e. The third-order valence-corrected chi connectivity index (χ3v) is 6.43. The number of hydrogen-bond acceptors (Lipinski definition) is 8. The lowest BCUT2D eigenvalue weighted by Gasteiger charge is -2.37. The molecule has 0 saturated carbocycles. The summed E-state index contributed by atoms with van der Waals surface area (Å²) in [6.45, 7) is 0.576. The second kappa shape index (κ2) is 8.75. The first-order chi connectivity index (χ1) is 16.8. The molecule has 1 aromatic heterocycles. The van der Waals surface area contributed by atoms with Gasteiger partial charge < -0.3 is 18.6 Å². The number of anilines is 1. The highest BCUT2D eigenvalue weighted by Gasteiger charge is 2.33. The van der Waals surface area contributed by atoms with Gasteiger partial charge in [-0.15, -0.1) is 10.2 Å². The Hall–Kier alpha value is -3.98. The highest BCUT2D eigenvalue weighted by molar-refractivity contribution is 7.99. The van der Waals surface area contributed by atoms with Crippen LogP contribution in [0.25, 0.3) is 11.5 Å². The van der Waals surface area contributed by atoms with Crippen LogP contribution in [0.5, 0.6) is 17.2 Å². The summed E-state index contributed by atoms with van der Waals surface area (Å²) in [6, 6.07) is 22.7. The van der Waals surface area contributed by atoms with E-state index >= 15 is 0 Å². The molecule has 3 aromatic carbocycles. The number of para-hydroxylation sites is 2. The smallest absolute Gasteiger partial charge is 0.277 e. The van der Waals surface area contributed by atoms with Crippen LogP contribution in [0.2, 0.25) is 0 Å². The number of carbonyl (C=O) groups excluding carboxylic acids is 1. The van der Waals surface area contributed by atoms with Gasteiger partial charge in [-0.3, -0.25) is 9.69 Å². The number of thioether (sulfide) groups is 1. The van der Waals surface area contributed by atoms with Gasteiger partial charge in [0.2, 0.25) is 18.6 Å². The molecule has 34 heavy (non-hydrogen) atoms. The van der Waals surface area contributed by atoms with Crippen LogP contribution in [0.4, 0.5) is 5.69 Å². The standard InChI is InChI=1S/C25H19N3O5S/c29-23(14-34-25-27-26-24(33-25)17-10-11-21-22(12-17)32-15-31-21)28-18-8-4-5-9-20(18)30-13-19(28)16-6-2-1-3-7-16/h1-12,19H,13-15H2/t19-/m0/s1. The van der Waals surface area contributed by atoms with Crippen molar-refractivity contribution in [2.24, 2.45) is 0 Å². The first kappa shape index (κ1) is 20.6. The van der Waals surface area contributed by atoms with Crippen LogP contribution in [-0.4, -0.2) is 35.3 Å². The topological polar surface area (TPSA) is 86.9 Å². The molecular weight excluding hydrogens is 454 g/mol. The number of carbonyl (C=O) groups is 1. The summed E-state index contributed by atoms with van der Waals surface area (Å²) < 4.78 is 22.5. The van der Waals surface area contributed by atoms with E-state index in [1.54, 1.807) is 17.0 Å². The minimum atomic E-state index is -0.226. The van der Waals surface area contributed by atoms with Gasteiger partial charge in [0.25, 0.3) is 5.22 Å². The van der Waals surface area contributed by atoms with E-state index < -0.39 is 0 Å². The Labute approximate surface area is 199 Å². The first-order valence-electron chi connectivity index (χ1n) is 10.7. The molecule has 8 nitrogen and oxygen atoms in total. The second-order valence-electron chi connectivity index (χ2n) is 7.70. The molecule has 4 aromatic rings. The molecule has 0 spiro atoms. The number of amides is 1. The van der Waals surface area contributed by atoms with E-state index in [0.717, 1.165) is 16.8 Å². The van der Waals surface area contributed by atoms with Crippen molar-refractivity contribution in [3.05, 3.63) is 78.4 Å². The van der Waals surface area contributed by atoms with Crippen molar-refractivity contribution in [1.82, 2.24) is 10.2 Å². The quantitative estimate of drug-likeness (QED) is 0.385. The van der Waals surface area contributed by atoms with Crippen molar-refractivity contribution in [2.75, 3.05) is 24.1 Å². The molecule has 0 saturated heterocycles. The lowest BCUT2D eigenvalue weighted by Crippen LogP contribution is -2.42. The van der Waals surface area contributed by atoms with Crippen LogP contribution in [0.15, 0.2) is 82.4 Å². The highest BCUT2D eigenvalue weighted by atomic mass is 32.2. The van der Waals surface area contributed by atoms with E-state index in [4.69, 9.17) is 18.6 Å². The van der Waals surface area contributed by atoms with Crippen LogP contribution >= 0.6 is 11.8 Å². The van der Waals surface area contributed by atoms with Gasteiger partial charge in [0.15, 0.2) is 11.5 Å². The van der Waals surface area contributed by atoms with E-state index in [1.165, 1.54) is 11.8 Å². The SMILES string of the molecule is O=C(CSc1nnc(-c2ccc3c(c2)OCO3)o1)N1c2ccccc2OC[C@H]1c1ccccc1. The zero-order valence-corrected chi connectivity index (χ0v) is 18.7. The van der Waals surface area contributed by atoms with Crippen molar-refractivity contribution in [3.8, 4) is 28.7 Å². The number of ether oxygens (including phenoxy) is 3. The summed E-state index contributed by atoms with van der Waals surface area (Å²) in [7, 11) is 0. The molecule has 0 unspecified atom stereocenters.